The quantitative estimate of drug-likeness (QED) is 0.651. The molecule has 1 aliphatic rings. The number of rotatable bonds is 3. The molecule has 0 aromatic carbocycles. The van der Waals surface area contributed by atoms with Crippen LogP contribution in [0.25, 0.3) is 0 Å². The van der Waals surface area contributed by atoms with E-state index in [4.69, 9.17) is 0 Å². The van der Waals surface area contributed by atoms with Crippen LogP contribution >= 0.6 is 11.8 Å². The van der Waals surface area contributed by atoms with Gasteiger partial charge in [0.25, 0.3) is 0 Å². The van der Waals surface area contributed by atoms with Crippen molar-refractivity contribution in [3.8, 4) is 0 Å². The molecule has 1 rings (SSSR count). The first-order chi connectivity index (χ1) is 5.34. The van der Waals surface area contributed by atoms with Gasteiger partial charge in [-0.3, -0.25) is 0 Å². The Morgan fingerprint density at radius 1 is 1.64 bits per heavy atom. The van der Waals surface area contributed by atoms with Crippen LogP contribution in [0.3, 0.4) is 0 Å². The predicted molar refractivity (Wildman–Crippen MR) is 50.5 cm³/mol. The van der Waals surface area contributed by atoms with Crippen molar-refractivity contribution < 1.29 is 5.11 Å². The van der Waals surface area contributed by atoms with Crippen LogP contribution in [-0.4, -0.2) is 16.5 Å². The van der Waals surface area contributed by atoms with Crippen LogP contribution in [0.4, 0.5) is 0 Å². The fourth-order valence-corrected chi connectivity index (χ4v) is 1.76. The molecule has 0 radical (unpaired) electrons. The van der Waals surface area contributed by atoms with Crippen LogP contribution in [0, 0.1) is 0 Å². The molecule has 0 saturated heterocycles. The third-order valence-electron chi connectivity index (χ3n) is 1.51. The summed E-state index contributed by atoms with van der Waals surface area (Å²) in [6, 6.07) is 0. The molecule has 0 aliphatic carbocycles. The van der Waals surface area contributed by atoms with Gasteiger partial charge in [-0.2, -0.15) is 0 Å². The maximum atomic E-state index is 9.50. The smallest absolute Gasteiger partial charge is 0.0731 e. The second-order valence-corrected chi connectivity index (χ2v) is 3.49. The van der Waals surface area contributed by atoms with Gasteiger partial charge in [0.1, 0.15) is 0 Å². The van der Waals surface area contributed by atoms with Gasteiger partial charge >= 0.3 is 0 Å². The van der Waals surface area contributed by atoms with E-state index in [1.54, 1.807) is 17.8 Å². The molecule has 11 heavy (non-hydrogen) atoms. The van der Waals surface area contributed by atoms with E-state index in [9.17, 15) is 5.11 Å². The number of thioether (sulfide) groups is 1. The van der Waals surface area contributed by atoms with E-state index >= 15 is 0 Å². The molecule has 0 spiro atoms. The summed E-state index contributed by atoms with van der Waals surface area (Å²) < 4.78 is 0. The number of allylic oxidation sites excluding steroid dienone is 2. The molecular weight excluding hydrogens is 156 g/mol. The first-order valence-electron chi connectivity index (χ1n) is 3.62. The highest BCUT2D eigenvalue weighted by Gasteiger charge is 2.14. The molecule has 2 atom stereocenters. The normalized spacial score (nSPS) is 25.0. The zero-order valence-electron chi connectivity index (χ0n) is 6.31. The third-order valence-corrected chi connectivity index (χ3v) is 2.61. The van der Waals surface area contributed by atoms with Gasteiger partial charge in [-0.05, 0) is 11.8 Å². The van der Waals surface area contributed by atoms with Gasteiger partial charge in [0.2, 0.25) is 0 Å². The average molecular weight is 168 g/mol. The first-order valence-corrected chi connectivity index (χ1v) is 4.56. The van der Waals surface area contributed by atoms with Crippen molar-refractivity contribution in [3.63, 3.8) is 0 Å². The second-order valence-electron chi connectivity index (χ2n) is 2.41. The molecule has 0 bridgehead atoms. The van der Waals surface area contributed by atoms with Crippen LogP contribution in [0.1, 0.15) is 6.42 Å². The van der Waals surface area contributed by atoms with E-state index in [0.29, 0.717) is 6.42 Å². The maximum absolute atomic E-state index is 9.50. The minimum atomic E-state index is -0.293. The van der Waals surface area contributed by atoms with Gasteiger partial charge in [0, 0.05) is 0 Å². The van der Waals surface area contributed by atoms with E-state index in [1.165, 1.54) is 0 Å². The molecule has 0 aromatic rings. The number of aliphatic hydroxyl groups excluding tert-OH is 1. The van der Waals surface area contributed by atoms with Crippen molar-refractivity contribution in [1.29, 1.82) is 0 Å². The van der Waals surface area contributed by atoms with Crippen molar-refractivity contribution in [2.45, 2.75) is 17.8 Å². The van der Waals surface area contributed by atoms with Crippen molar-refractivity contribution in [2.24, 2.45) is 0 Å². The van der Waals surface area contributed by atoms with E-state index in [1.807, 2.05) is 23.6 Å². The maximum Gasteiger partial charge on any atom is 0.0731 e. The van der Waals surface area contributed by atoms with Gasteiger partial charge in [-0.15, -0.1) is 18.3 Å². The molecule has 1 heterocycles. The summed E-state index contributed by atoms with van der Waals surface area (Å²) in [6.45, 7) is 3.58. The lowest BCUT2D eigenvalue weighted by Crippen LogP contribution is -2.20. The lowest BCUT2D eigenvalue weighted by molar-refractivity contribution is 0.186. The molecule has 60 valence electrons. The van der Waals surface area contributed by atoms with Crippen LogP contribution < -0.4 is 0 Å². The number of aliphatic hydroxyl groups is 1. The Balaban J connectivity index is 2.41. The Kier molecular flexibility index (Phi) is 3.46. The van der Waals surface area contributed by atoms with E-state index in [0.717, 1.165) is 0 Å². The molecule has 1 aliphatic heterocycles. The summed E-state index contributed by atoms with van der Waals surface area (Å²) >= 11 is 1.65. The summed E-state index contributed by atoms with van der Waals surface area (Å²) in [5.74, 6) is 0. The van der Waals surface area contributed by atoms with Crippen molar-refractivity contribution >= 4 is 11.8 Å². The minimum Gasteiger partial charge on any atom is -0.391 e. The zero-order valence-corrected chi connectivity index (χ0v) is 7.13. The van der Waals surface area contributed by atoms with Crippen LogP contribution in [-0.2, 0) is 0 Å². The molecule has 0 aromatic heterocycles. The third kappa shape index (κ3) is 2.56. The minimum absolute atomic E-state index is 0.206. The van der Waals surface area contributed by atoms with Gasteiger partial charge < -0.3 is 5.11 Å². The Morgan fingerprint density at radius 2 is 2.45 bits per heavy atom. The Hall–Kier alpha value is -0.470. The van der Waals surface area contributed by atoms with Crippen molar-refractivity contribution in [2.75, 3.05) is 0 Å². The van der Waals surface area contributed by atoms with Crippen LogP contribution in [0.15, 0.2) is 36.3 Å². The predicted octanol–water partition coefficient (Wildman–Crippen LogP) is 2.11. The lowest BCUT2D eigenvalue weighted by Gasteiger charge is -2.17. The summed E-state index contributed by atoms with van der Waals surface area (Å²) in [4.78, 5) is 0. The first kappa shape index (κ1) is 8.62. The molecule has 2 heteroatoms. The van der Waals surface area contributed by atoms with Crippen LogP contribution in [0.5, 0.6) is 0 Å². The SMILES string of the molecule is C=CC[C@H](O)C1C=CC=CS1. The van der Waals surface area contributed by atoms with E-state index in [-0.39, 0.29) is 11.4 Å². The Morgan fingerprint density at radius 3 is 3.00 bits per heavy atom. The zero-order chi connectivity index (χ0) is 8.10. The molecule has 0 amide bonds. The fraction of sp³-hybridized carbons (Fsp3) is 0.333. The topological polar surface area (TPSA) is 20.2 Å². The van der Waals surface area contributed by atoms with Crippen LogP contribution in [0.2, 0.25) is 0 Å². The highest BCUT2D eigenvalue weighted by atomic mass is 32.2. The second kappa shape index (κ2) is 4.42. The molecule has 0 saturated carbocycles. The largest absolute Gasteiger partial charge is 0.391 e. The van der Waals surface area contributed by atoms with Gasteiger partial charge in [0.05, 0.1) is 11.4 Å². The number of hydrogen-bond acceptors (Lipinski definition) is 2. The average Bonchev–Trinajstić information content (AvgIpc) is 2.07. The van der Waals surface area contributed by atoms with E-state index in [2.05, 4.69) is 6.58 Å². The molecule has 1 unspecified atom stereocenters. The molecule has 0 fully saturated rings. The lowest BCUT2D eigenvalue weighted by atomic mass is 10.1. The summed E-state index contributed by atoms with van der Waals surface area (Å²) in [5.41, 5.74) is 0. The number of hydrogen-bond donors (Lipinski definition) is 1. The highest BCUT2D eigenvalue weighted by molar-refractivity contribution is 8.03. The Labute approximate surface area is 71.5 Å². The molecular formula is C9H12OS. The fourth-order valence-electron chi connectivity index (χ4n) is 0.924. The summed E-state index contributed by atoms with van der Waals surface area (Å²) in [7, 11) is 0. The summed E-state index contributed by atoms with van der Waals surface area (Å²) in [6.07, 6.45) is 8.07. The summed E-state index contributed by atoms with van der Waals surface area (Å²) in [5, 5.41) is 11.7. The monoisotopic (exact) mass is 168 g/mol. The Bertz CT molecular complexity index is 184. The van der Waals surface area contributed by atoms with Gasteiger partial charge in [0.15, 0.2) is 0 Å². The van der Waals surface area contributed by atoms with Gasteiger partial charge in [-0.25, -0.2) is 0 Å². The molecule has 1 nitrogen and oxygen atoms in total. The highest BCUT2D eigenvalue weighted by Crippen LogP contribution is 2.22. The van der Waals surface area contributed by atoms with Crippen molar-refractivity contribution in [1.82, 2.24) is 0 Å². The van der Waals surface area contributed by atoms with Gasteiger partial charge in [-0.1, -0.05) is 24.3 Å². The standard InChI is InChI=1S/C9H12OS/c1-2-5-8(10)9-6-3-4-7-11-9/h2-4,6-10H,1,5H2/t8-,9?/m0/s1. The molecule has 1 N–H and O–H groups in total. The van der Waals surface area contributed by atoms with E-state index < -0.39 is 0 Å². The van der Waals surface area contributed by atoms with Crippen molar-refractivity contribution in [3.05, 3.63) is 36.3 Å².